The van der Waals surface area contributed by atoms with Crippen LogP contribution in [0.1, 0.15) is 45.4 Å². The highest BCUT2D eigenvalue weighted by Gasteiger charge is 2.15. The van der Waals surface area contributed by atoms with Crippen molar-refractivity contribution in [3.05, 3.63) is 0 Å². The van der Waals surface area contributed by atoms with Gasteiger partial charge in [-0.05, 0) is 50.8 Å². The van der Waals surface area contributed by atoms with E-state index in [2.05, 4.69) is 23.2 Å². The molecule has 128 valence electrons. The molecule has 7 heteroatoms. The van der Waals surface area contributed by atoms with E-state index in [9.17, 15) is 8.42 Å². The minimum Gasteiger partial charge on any atom is -0.317 e. The van der Waals surface area contributed by atoms with Gasteiger partial charge < -0.3 is 5.32 Å². The van der Waals surface area contributed by atoms with Crippen LogP contribution in [0, 0.1) is 0 Å². The SMILES string of the molecule is CCCNCCCN(C)S(=O)(=O)NCCCCCCSC. The van der Waals surface area contributed by atoms with Crippen LogP contribution in [0.15, 0.2) is 0 Å². The van der Waals surface area contributed by atoms with Crippen LogP contribution < -0.4 is 10.0 Å². The predicted octanol–water partition coefficient (Wildman–Crippen LogP) is 2.07. The zero-order valence-electron chi connectivity index (χ0n) is 13.9. The number of hydrogen-bond acceptors (Lipinski definition) is 4. The Morgan fingerprint density at radius 2 is 1.71 bits per heavy atom. The standard InChI is InChI=1S/C14H33N3O2S2/c1-4-10-15-11-9-13-17(2)21(18,19)16-12-7-5-6-8-14-20-3/h15-16H,4-14H2,1-3H3. The first kappa shape index (κ1) is 21.2. The van der Waals surface area contributed by atoms with Crippen molar-refractivity contribution in [3.63, 3.8) is 0 Å². The van der Waals surface area contributed by atoms with E-state index in [0.29, 0.717) is 13.1 Å². The quantitative estimate of drug-likeness (QED) is 0.448. The highest BCUT2D eigenvalue weighted by Crippen LogP contribution is 2.04. The fourth-order valence-electron chi connectivity index (χ4n) is 1.88. The van der Waals surface area contributed by atoms with Crippen molar-refractivity contribution in [2.75, 3.05) is 45.2 Å². The van der Waals surface area contributed by atoms with E-state index in [0.717, 1.165) is 38.8 Å². The summed E-state index contributed by atoms with van der Waals surface area (Å²) in [5.74, 6) is 1.19. The van der Waals surface area contributed by atoms with Gasteiger partial charge in [0.25, 0.3) is 10.2 Å². The maximum atomic E-state index is 12.0. The molecule has 0 saturated heterocycles. The summed E-state index contributed by atoms with van der Waals surface area (Å²) in [4.78, 5) is 0. The fourth-order valence-corrected chi connectivity index (χ4v) is 3.37. The zero-order valence-corrected chi connectivity index (χ0v) is 15.5. The molecule has 0 aliphatic heterocycles. The molecule has 2 N–H and O–H groups in total. The molecule has 0 saturated carbocycles. The molecule has 0 atom stereocenters. The van der Waals surface area contributed by atoms with Gasteiger partial charge in [0.2, 0.25) is 0 Å². The van der Waals surface area contributed by atoms with Crippen molar-refractivity contribution in [2.45, 2.75) is 45.4 Å². The van der Waals surface area contributed by atoms with Crippen molar-refractivity contribution in [1.82, 2.24) is 14.3 Å². The number of nitrogens with one attached hydrogen (secondary N) is 2. The lowest BCUT2D eigenvalue weighted by molar-refractivity contribution is 0.443. The van der Waals surface area contributed by atoms with Gasteiger partial charge in [0.1, 0.15) is 0 Å². The number of rotatable bonds is 15. The molecule has 0 radical (unpaired) electrons. The zero-order chi connectivity index (χ0) is 16.0. The summed E-state index contributed by atoms with van der Waals surface area (Å²) in [6.45, 7) is 5.07. The molecule has 0 aliphatic carbocycles. The highest BCUT2D eigenvalue weighted by atomic mass is 32.2. The third-order valence-corrected chi connectivity index (χ3v) is 5.49. The van der Waals surface area contributed by atoms with Crippen LogP contribution in [-0.2, 0) is 10.2 Å². The molecule has 0 aromatic rings. The summed E-state index contributed by atoms with van der Waals surface area (Å²) in [5.41, 5.74) is 0. The molecule has 0 spiro atoms. The van der Waals surface area contributed by atoms with E-state index in [1.807, 2.05) is 11.8 Å². The van der Waals surface area contributed by atoms with Gasteiger partial charge >= 0.3 is 0 Å². The number of nitrogens with zero attached hydrogens (tertiary/aromatic N) is 1. The molecule has 0 rings (SSSR count). The third-order valence-electron chi connectivity index (χ3n) is 3.22. The Morgan fingerprint density at radius 3 is 2.38 bits per heavy atom. The van der Waals surface area contributed by atoms with Crippen molar-refractivity contribution < 1.29 is 8.42 Å². The average Bonchev–Trinajstić information content (AvgIpc) is 2.45. The molecular formula is C14H33N3O2S2. The van der Waals surface area contributed by atoms with Crippen LogP contribution >= 0.6 is 11.8 Å². The molecule has 0 aromatic carbocycles. The molecular weight excluding hydrogens is 306 g/mol. The van der Waals surface area contributed by atoms with Crippen molar-refractivity contribution >= 4 is 22.0 Å². The number of hydrogen-bond donors (Lipinski definition) is 2. The van der Waals surface area contributed by atoms with Gasteiger partial charge in [-0.2, -0.15) is 24.5 Å². The van der Waals surface area contributed by atoms with Gasteiger partial charge in [0, 0.05) is 20.1 Å². The van der Waals surface area contributed by atoms with E-state index < -0.39 is 10.2 Å². The van der Waals surface area contributed by atoms with Crippen LogP contribution in [0.5, 0.6) is 0 Å². The molecule has 0 aliphatic rings. The summed E-state index contributed by atoms with van der Waals surface area (Å²) in [6.07, 6.45) is 8.47. The summed E-state index contributed by atoms with van der Waals surface area (Å²) in [5, 5.41) is 3.27. The van der Waals surface area contributed by atoms with Gasteiger partial charge in [0.05, 0.1) is 0 Å². The predicted molar refractivity (Wildman–Crippen MR) is 94.2 cm³/mol. The van der Waals surface area contributed by atoms with E-state index in [1.54, 1.807) is 7.05 Å². The number of thioether (sulfide) groups is 1. The topological polar surface area (TPSA) is 61.4 Å². The van der Waals surface area contributed by atoms with E-state index in [-0.39, 0.29) is 0 Å². The lowest BCUT2D eigenvalue weighted by Crippen LogP contribution is -2.39. The lowest BCUT2D eigenvalue weighted by atomic mass is 10.2. The monoisotopic (exact) mass is 339 g/mol. The van der Waals surface area contributed by atoms with Gasteiger partial charge in [-0.1, -0.05) is 19.8 Å². The maximum Gasteiger partial charge on any atom is 0.279 e. The second-order valence-electron chi connectivity index (χ2n) is 5.23. The Morgan fingerprint density at radius 1 is 1.00 bits per heavy atom. The third kappa shape index (κ3) is 12.4. The summed E-state index contributed by atoms with van der Waals surface area (Å²) >= 11 is 1.86. The molecule has 0 heterocycles. The smallest absolute Gasteiger partial charge is 0.279 e. The van der Waals surface area contributed by atoms with Gasteiger partial charge in [0.15, 0.2) is 0 Å². The minimum atomic E-state index is -3.30. The second kappa shape index (κ2) is 13.8. The molecule has 0 bridgehead atoms. The maximum absolute atomic E-state index is 12.0. The van der Waals surface area contributed by atoms with Crippen molar-refractivity contribution in [2.24, 2.45) is 0 Å². The lowest BCUT2D eigenvalue weighted by Gasteiger charge is -2.17. The van der Waals surface area contributed by atoms with Crippen LogP contribution in [0.3, 0.4) is 0 Å². The van der Waals surface area contributed by atoms with Crippen molar-refractivity contribution in [3.8, 4) is 0 Å². The second-order valence-corrected chi connectivity index (χ2v) is 8.08. The van der Waals surface area contributed by atoms with E-state index in [1.165, 1.54) is 22.9 Å². The van der Waals surface area contributed by atoms with Crippen LogP contribution in [0.25, 0.3) is 0 Å². The highest BCUT2D eigenvalue weighted by molar-refractivity contribution is 7.98. The number of unbranched alkanes of at least 4 members (excludes halogenated alkanes) is 3. The van der Waals surface area contributed by atoms with Crippen LogP contribution in [-0.4, -0.2) is 58.0 Å². The Kier molecular flexibility index (Phi) is 13.9. The molecule has 5 nitrogen and oxygen atoms in total. The Balaban J connectivity index is 3.65. The summed E-state index contributed by atoms with van der Waals surface area (Å²) < 4.78 is 28.0. The van der Waals surface area contributed by atoms with E-state index >= 15 is 0 Å². The van der Waals surface area contributed by atoms with Crippen LogP contribution in [0.2, 0.25) is 0 Å². The minimum absolute atomic E-state index is 0.542. The molecule has 0 aromatic heterocycles. The summed E-state index contributed by atoms with van der Waals surface area (Å²) in [7, 11) is -1.66. The van der Waals surface area contributed by atoms with E-state index in [4.69, 9.17) is 0 Å². The first-order chi connectivity index (χ1) is 10.0. The van der Waals surface area contributed by atoms with Crippen molar-refractivity contribution in [1.29, 1.82) is 0 Å². The fraction of sp³-hybridized carbons (Fsp3) is 1.00. The molecule has 0 fully saturated rings. The van der Waals surface area contributed by atoms with Gasteiger partial charge in [-0.15, -0.1) is 0 Å². The first-order valence-corrected chi connectivity index (χ1v) is 10.8. The normalized spacial score (nSPS) is 12.2. The molecule has 21 heavy (non-hydrogen) atoms. The Bertz CT molecular complexity index is 324. The average molecular weight is 340 g/mol. The largest absolute Gasteiger partial charge is 0.317 e. The van der Waals surface area contributed by atoms with Gasteiger partial charge in [-0.3, -0.25) is 0 Å². The molecule has 0 unspecified atom stereocenters. The molecule has 0 amide bonds. The summed E-state index contributed by atoms with van der Waals surface area (Å²) in [6, 6.07) is 0. The first-order valence-electron chi connectivity index (χ1n) is 7.95. The van der Waals surface area contributed by atoms with Gasteiger partial charge in [-0.25, -0.2) is 4.72 Å². The Labute approximate surface area is 135 Å². The van der Waals surface area contributed by atoms with Crippen LogP contribution in [0.4, 0.5) is 0 Å². The Hall–Kier alpha value is 0.180.